The van der Waals surface area contributed by atoms with Crippen LogP contribution in [0.1, 0.15) is 165 Å². The van der Waals surface area contributed by atoms with Crippen LogP contribution in [0.5, 0.6) is 11.5 Å². The quantitative estimate of drug-likeness (QED) is 0.0407. The molecule has 0 saturated carbocycles. The fourth-order valence-electron chi connectivity index (χ4n) is 8.50. The van der Waals surface area contributed by atoms with Crippen LogP contribution >= 0.6 is 0 Å². The Morgan fingerprint density at radius 3 is 1.18 bits per heavy atom. The summed E-state index contributed by atoms with van der Waals surface area (Å²) in [6.07, 6.45) is 28.0. The lowest BCUT2D eigenvalue weighted by Gasteiger charge is -2.17. The molecule has 0 unspecified atom stereocenters. The van der Waals surface area contributed by atoms with Crippen LogP contribution in [0, 0.1) is 0 Å². The van der Waals surface area contributed by atoms with E-state index >= 15 is 0 Å². The molecule has 0 radical (unpaired) electrons. The molecule has 0 aliphatic rings. The fourth-order valence-corrected chi connectivity index (χ4v) is 8.50. The predicted octanol–water partition coefficient (Wildman–Crippen LogP) is 13.5. The van der Waals surface area contributed by atoms with E-state index < -0.39 is 0 Å². The number of para-hydroxylation sites is 2. The standard InChI is InChI=1S/C49H66N6O2/c1-3-5-7-9-11-13-15-17-19-21-25-36-31-38(48(56)42(33-36)40-27-23-29-44-46(40)52-54-50-44)35-39-32-37(26-22-20-18-16-14-12-10-8-6-4-2)34-43(49(39)57)41-28-24-30-45-47(41)53-55-51-45/h23-24,27-34,56-57H,3-22,25-26,35H2,1-2H3,(H,50,52,54)(H,51,53,55). The summed E-state index contributed by atoms with van der Waals surface area (Å²) < 4.78 is 0. The van der Waals surface area contributed by atoms with Gasteiger partial charge < -0.3 is 10.2 Å². The SMILES string of the molecule is CCCCCCCCCCCCc1cc(Cc2cc(CCCCCCCCCCCC)cc(-c3cccc4n[nH]nc34)c2O)c(O)c(-c2cccc3n[nH]nc23)c1. The highest BCUT2D eigenvalue weighted by molar-refractivity contribution is 5.94. The number of benzene rings is 4. The summed E-state index contributed by atoms with van der Waals surface area (Å²) in [4.78, 5) is 0. The van der Waals surface area contributed by atoms with Gasteiger partial charge in [0.2, 0.25) is 0 Å². The van der Waals surface area contributed by atoms with Crippen LogP contribution < -0.4 is 0 Å². The molecule has 0 fully saturated rings. The molecule has 0 bridgehead atoms. The maximum absolute atomic E-state index is 12.1. The zero-order chi connectivity index (χ0) is 39.7. The van der Waals surface area contributed by atoms with Gasteiger partial charge in [-0.15, -0.1) is 0 Å². The van der Waals surface area contributed by atoms with Crippen molar-refractivity contribution < 1.29 is 10.2 Å². The average Bonchev–Trinajstić information content (AvgIpc) is 3.92. The fraction of sp³-hybridized carbons (Fsp3) is 0.510. The maximum Gasteiger partial charge on any atom is 0.127 e. The second kappa shape index (κ2) is 22.3. The van der Waals surface area contributed by atoms with Gasteiger partial charge in [-0.3, -0.25) is 0 Å². The third-order valence-corrected chi connectivity index (χ3v) is 11.8. The van der Waals surface area contributed by atoms with E-state index in [-0.39, 0.29) is 11.5 Å². The molecule has 0 aliphatic heterocycles. The first kappa shape index (κ1) is 41.9. The van der Waals surface area contributed by atoms with Crippen LogP contribution in [0.3, 0.4) is 0 Å². The van der Waals surface area contributed by atoms with Gasteiger partial charge in [-0.2, -0.15) is 30.8 Å². The smallest absolute Gasteiger partial charge is 0.127 e. The number of unbranched alkanes of at least 4 members (excludes halogenated alkanes) is 18. The molecule has 0 aliphatic carbocycles. The summed E-state index contributed by atoms with van der Waals surface area (Å²) in [6, 6.07) is 20.4. The highest BCUT2D eigenvalue weighted by atomic mass is 16.3. The van der Waals surface area contributed by atoms with Crippen LogP contribution in [0.2, 0.25) is 0 Å². The highest BCUT2D eigenvalue weighted by Gasteiger charge is 2.20. The normalized spacial score (nSPS) is 11.7. The van der Waals surface area contributed by atoms with E-state index in [1.54, 1.807) is 0 Å². The molecular formula is C49H66N6O2. The first-order valence-corrected chi connectivity index (χ1v) is 22.4. The molecule has 8 nitrogen and oxygen atoms in total. The predicted molar refractivity (Wildman–Crippen MR) is 236 cm³/mol. The molecule has 57 heavy (non-hydrogen) atoms. The Kier molecular flexibility index (Phi) is 16.4. The van der Waals surface area contributed by atoms with Gasteiger partial charge in [-0.05, 0) is 72.2 Å². The zero-order valence-corrected chi connectivity index (χ0v) is 34.7. The van der Waals surface area contributed by atoms with Crippen molar-refractivity contribution in [1.29, 1.82) is 0 Å². The number of rotatable bonds is 26. The van der Waals surface area contributed by atoms with Gasteiger partial charge in [0.1, 0.15) is 33.6 Å². The van der Waals surface area contributed by atoms with Crippen molar-refractivity contribution in [3.8, 4) is 33.8 Å². The number of aromatic nitrogens is 6. The minimum atomic E-state index is 0.219. The monoisotopic (exact) mass is 771 g/mol. The second-order valence-electron chi connectivity index (χ2n) is 16.3. The third kappa shape index (κ3) is 11.7. The van der Waals surface area contributed by atoms with Crippen molar-refractivity contribution in [2.45, 2.75) is 162 Å². The Balaban J connectivity index is 1.24. The Bertz CT molecular complexity index is 1970. The molecular weight excluding hydrogens is 705 g/mol. The van der Waals surface area contributed by atoms with Crippen molar-refractivity contribution in [1.82, 2.24) is 30.8 Å². The maximum atomic E-state index is 12.1. The average molecular weight is 771 g/mol. The minimum Gasteiger partial charge on any atom is -0.507 e. The van der Waals surface area contributed by atoms with Crippen LogP contribution in [-0.2, 0) is 19.3 Å². The van der Waals surface area contributed by atoms with Crippen LogP contribution in [0.4, 0.5) is 0 Å². The third-order valence-electron chi connectivity index (χ3n) is 11.8. The number of aromatic hydroxyl groups is 2. The zero-order valence-electron chi connectivity index (χ0n) is 34.7. The summed E-state index contributed by atoms with van der Waals surface area (Å²) in [5.74, 6) is 0.439. The minimum absolute atomic E-state index is 0.219. The molecule has 2 aromatic heterocycles. The molecule has 6 aromatic rings. The molecule has 0 saturated heterocycles. The first-order chi connectivity index (χ1) is 28.1. The molecule has 4 aromatic carbocycles. The van der Waals surface area contributed by atoms with E-state index in [2.05, 4.69) is 68.9 Å². The molecule has 0 atom stereocenters. The lowest BCUT2D eigenvalue weighted by Crippen LogP contribution is -1.99. The molecule has 0 amide bonds. The number of H-pyrrole nitrogens is 2. The molecule has 2 heterocycles. The van der Waals surface area contributed by atoms with Crippen molar-refractivity contribution in [3.05, 3.63) is 82.9 Å². The van der Waals surface area contributed by atoms with E-state index in [9.17, 15) is 10.2 Å². The molecule has 0 spiro atoms. The summed E-state index contributed by atoms with van der Waals surface area (Å²) in [5, 5.41) is 47.3. The Hall–Kier alpha value is -4.72. The lowest BCUT2D eigenvalue weighted by atomic mass is 9.89. The number of phenolic OH excluding ortho intramolecular Hbond substituents is 2. The van der Waals surface area contributed by atoms with Crippen molar-refractivity contribution in [3.63, 3.8) is 0 Å². The van der Waals surface area contributed by atoms with Crippen LogP contribution in [0.25, 0.3) is 44.3 Å². The molecule has 4 N–H and O–H groups in total. The van der Waals surface area contributed by atoms with Gasteiger partial charge in [0.15, 0.2) is 0 Å². The summed E-state index contributed by atoms with van der Waals surface area (Å²) >= 11 is 0. The van der Waals surface area contributed by atoms with Crippen molar-refractivity contribution in [2.75, 3.05) is 0 Å². The number of nitrogens with zero attached hydrogens (tertiary/aromatic N) is 4. The van der Waals surface area contributed by atoms with E-state index in [1.807, 2.05) is 36.4 Å². The summed E-state index contributed by atoms with van der Waals surface area (Å²) in [5.41, 5.74) is 10.2. The Labute approximate surface area is 340 Å². The first-order valence-electron chi connectivity index (χ1n) is 22.4. The van der Waals surface area contributed by atoms with Gasteiger partial charge in [0.25, 0.3) is 0 Å². The number of fused-ring (bicyclic) bond motifs is 2. The molecule has 304 valence electrons. The van der Waals surface area contributed by atoms with Gasteiger partial charge >= 0.3 is 0 Å². The van der Waals surface area contributed by atoms with E-state index in [1.165, 1.54) is 127 Å². The van der Waals surface area contributed by atoms with Crippen molar-refractivity contribution in [2.24, 2.45) is 0 Å². The number of aromatic amines is 2. The highest BCUT2D eigenvalue weighted by Crippen LogP contribution is 2.42. The summed E-state index contributed by atoms with van der Waals surface area (Å²) in [7, 11) is 0. The number of nitrogens with one attached hydrogen (secondary N) is 2. The van der Waals surface area contributed by atoms with E-state index in [0.29, 0.717) is 6.42 Å². The van der Waals surface area contributed by atoms with E-state index in [0.717, 1.165) is 81.1 Å². The van der Waals surface area contributed by atoms with Gasteiger partial charge in [-0.1, -0.05) is 166 Å². The van der Waals surface area contributed by atoms with Crippen molar-refractivity contribution >= 4 is 22.1 Å². The largest absolute Gasteiger partial charge is 0.507 e. The number of aryl methyl sites for hydroxylation is 2. The molecule has 8 heteroatoms. The van der Waals surface area contributed by atoms with Gasteiger partial charge in [0.05, 0.1) is 0 Å². The topological polar surface area (TPSA) is 124 Å². The number of phenols is 2. The lowest BCUT2D eigenvalue weighted by molar-refractivity contribution is 0.464. The molecule has 6 rings (SSSR count). The Morgan fingerprint density at radius 1 is 0.421 bits per heavy atom. The summed E-state index contributed by atoms with van der Waals surface area (Å²) in [6.45, 7) is 4.55. The van der Waals surface area contributed by atoms with Crippen LogP contribution in [-0.4, -0.2) is 41.0 Å². The Morgan fingerprint density at radius 2 is 0.789 bits per heavy atom. The number of hydrogen-bond acceptors (Lipinski definition) is 6. The van der Waals surface area contributed by atoms with Gasteiger partial charge in [0, 0.05) is 28.7 Å². The second-order valence-corrected chi connectivity index (χ2v) is 16.3. The van der Waals surface area contributed by atoms with Gasteiger partial charge in [-0.25, -0.2) is 0 Å². The van der Waals surface area contributed by atoms with Crippen LogP contribution in [0.15, 0.2) is 60.7 Å². The van der Waals surface area contributed by atoms with E-state index in [4.69, 9.17) is 0 Å². The number of hydrogen-bond donors (Lipinski definition) is 4.